The van der Waals surface area contributed by atoms with Gasteiger partial charge in [0.25, 0.3) is 5.56 Å². The topological polar surface area (TPSA) is 122 Å². The van der Waals surface area contributed by atoms with Crippen LogP contribution < -0.4 is 21.9 Å². The SMILES string of the molecule is NCCNc1cc2nc[nH]c(=O)c2c(Nc2ccncc2)n1. The van der Waals surface area contributed by atoms with Crippen molar-refractivity contribution in [2.45, 2.75) is 0 Å². The molecule has 0 radical (unpaired) electrons. The molecule has 0 aliphatic carbocycles. The van der Waals surface area contributed by atoms with Crippen molar-refractivity contribution >= 4 is 28.2 Å². The third-order valence-corrected chi connectivity index (χ3v) is 3.02. The van der Waals surface area contributed by atoms with Gasteiger partial charge >= 0.3 is 0 Å². The van der Waals surface area contributed by atoms with Gasteiger partial charge in [-0.15, -0.1) is 0 Å². The zero-order valence-corrected chi connectivity index (χ0v) is 11.7. The van der Waals surface area contributed by atoms with Crippen LogP contribution in [0.1, 0.15) is 0 Å². The molecule has 0 aliphatic heterocycles. The van der Waals surface area contributed by atoms with Crippen molar-refractivity contribution in [2.24, 2.45) is 5.73 Å². The molecule has 0 fully saturated rings. The zero-order valence-electron chi connectivity index (χ0n) is 11.7. The number of aromatic amines is 1. The number of hydrogen-bond acceptors (Lipinski definition) is 7. The lowest BCUT2D eigenvalue weighted by molar-refractivity contribution is 1.01. The summed E-state index contributed by atoms with van der Waals surface area (Å²) < 4.78 is 0. The number of nitrogens with two attached hydrogens (primary N) is 1. The van der Waals surface area contributed by atoms with E-state index in [1.807, 2.05) is 0 Å². The van der Waals surface area contributed by atoms with Crippen molar-refractivity contribution in [1.82, 2.24) is 19.9 Å². The van der Waals surface area contributed by atoms with Crippen LogP contribution in [0.15, 0.2) is 41.7 Å². The van der Waals surface area contributed by atoms with Crippen LogP contribution in [0, 0.1) is 0 Å². The molecule has 3 aromatic heterocycles. The molecule has 0 aliphatic rings. The average Bonchev–Trinajstić information content (AvgIpc) is 2.54. The molecule has 0 saturated carbocycles. The molecule has 0 saturated heterocycles. The van der Waals surface area contributed by atoms with Gasteiger partial charge in [0.15, 0.2) is 0 Å². The van der Waals surface area contributed by atoms with Gasteiger partial charge in [0.1, 0.15) is 17.0 Å². The largest absolute Gasteiger partial charge is 0.369 e. The maximum absolute atomic E-state index is 12.1. The number of H-pyrrole nitrogens is 1. The first-order valence-electron chi connectivity index (χ1n) is 6.77. The first kappa shape index (κ1) is 14.0. The summed E-state index contributed by atoms with van der Waals surface area (Å²) in [5.41, 5.74) is 6.57. The molecule has 0 atom stereocenters. The van der Waals surface area contributed by atoms with Crippen molar-refractivity contribution in [3.05, 3.63) is 47.3 Å². The molecule has 3 heterocycles. The number of nitrogens with one attached hydrogen (secondary N) is 3. The number of pyridine rings is 2. The molecule has 0 bridgehead atoms. The summed E-state index contributed by atoms with van der Waals surface area (Å²) in [6.45, 7) is 1.06. The third-order valence-electron chi connectivity index (χ3n) is 3.02. The van der Waals surface area contributed by atoms with E-state index in [-0.39, 0.29) is 5.56 Å². The molecule has 0 amide bonds. The van der Waals surface area contributed by atoms with Gasteiger partial charge in [-0.05, 0) is 12.1 Å². The van der Waals surface area contributed by atoms with Crippen LogP contribution in [0.2, 0.25) is 0 Å². The van der Waals surface area contributed by atoms with Crippen LogP contribution >= 0.6 is 0 Å². The minimum Gasteiger partial charge on any atom is -0.369 e. The van der Waals surface area contributed by atoms with Gasteiger partial charge in [0.05, 0.1) is 11.8 Å². The Labute approximate surface area is 125 Å². The summed E-state index contributed by atoms with van der Waals surface area (Å²) in [6, 6.07) is 5.30. The van der Waals surface area contributed by atoms with Crippen LogP contribution in [0.4, 0.5) is 17.3 Å². The van der Waals surface area contributed by atoms with E-state index in [1.54, 1.807) is 30.6 Å². The highest BCUT2D eigenvalue weighted by molar-refractivity contribution is 5.91. The molecule has 0 unspecified atom stereocenters. The van der Waals surface area contributed by atoms with Crippen LogP contribution in [0.5, 0.6) is 0 Å². The zero-order chi connectivity index (χ0) is 15.4. The lowest BCUT2D eigenvalue weighted by Crippen LogP contribution is -2.15. The Morgan fingerprint density at radius 3 is 2.86 bits per heavy atom. The smallest absolute Gasteiger partial charge is 0.262 e. The van der Waals surface area contributed by atoms with E-state index in [0.717, 1.165) is 5.69 Å². The first-order valence-corrected chi connectivity index (χ1v) is 6.77. The lowest BCUT2D eigenvalue weighted by Gasteiger charge is -2.11. The van der Waals surface area contributed by atoms with Gasteiger partial charge < -0.3 is 21.4 Å². The highest BCUT2D eigenvalue weighted by Gasteiger charge is 2.11. The molecule has 8 heteroatoms. The number of aromatic nitrogens is 4. The summed E-state index contributed by atoms with van der Waals surface area (Å²) >= 11 is 0. The molecule has 22 heavy (non-hydrogen) atoms. The van der Waals surface area contributed by atoms with E-state index in [9.17, 15) is 4.79 Å². The molecule has 3 aromatic rings. The minimum atomic E-state index is -0.251. The number of rotatable bonds is 5. The predicted octanol–water partition coefficient (Wildman–Crippen LogP) is 0.827. The van der Waals surface area contributed by atoms with Crippen molar-refractivity contribution in [1.29, 1.82) is 0 Å². The minimum absolute atomic E-state index is 0.251. The van der Waals surface area contributed by atoms with Crippen LogP contribution in [0.3, 0.4) is 0 Å². The number of nitrogens with zero attached hydrogens (tertiary/aromatic N) is 3. The normalized spacial score (nSPS) is 10.6. The van der Waals surface area contributed by atoms with Crippen molar-refractivity contribution < 1.29 is 0 Å². The molecule has 0 spiro atoms. The van der Waals surface area contributed by atoms with Gasteiger partial charge in [0.2, 0.25) is 0 Å². The monoisotopic (exact) mass is 297 g/mol. The van der Waals surface area contributed by atoms with Gasteiger partial charge in [-0.1, -0.05) is 0 Å². The molecule has 112 valence electrons. The molecular formula is C14H15N7O. The fourth-order valence-electron chi connectivity index (χ4n) is 2.04. The van der Waals surface area contributed by atoms with E-state index < -0.39 is 0 Å². The van der Waals surface area contributed by atoms with Gasteiger partial charge in [0, 0.05) is 37.2 Å². The maximum Gasteiger partial charge on any atom is 0.262 e. The van der Waals surface area contributed by atoms with Crippen LogP contribution in [-0.2, 0) is 0 Å². The van der Waals surface area contributed by atoms with Crippen LogP contribution in [0.25, 0.3) is 10.9 Å². The summed E-state index contributed by atoms with van der Waals surface area (Å²) in [6.07, 6.45) is 4.68. The predicted molar refractivity (Wildman–Crippen MR) is 85.2 cm³/mol. The Balaban J connectivity index is 2.10. The number of hydrogen-bond donors (Lipinski definition) is 4. The Morgan fingerprint density at radius 2 is 2.09 bits per heavy atom. The fourth-order valence-corrected chi connectivity index (χ4v) is 2.04. The third kappa shape index (κ3) is 2.86. The second-order valence-electron chi connectivity index (χ2n) is 4.56. The summed E-state index contributed by atoms with van der Waals surface area (Å²) in [7, 11) is 0. The Bertz CT molecular complexity index is 831. The highest BCUT2D eigenvalue weighted by Crippen LogP contribution is 2.23. The second kappa shape index (κ2) is 6.19. The second-order valence-corrected chi connectivity index (χ2v) is 4.56. The molecule has 5 N–H and O–H groups in total. The van der Waals surface area contributed by atoms with Gasteiger partial charge in [-0.3, -0.25) is 9.78 Å². The highest BCUT2D eigenvalue weighted by atomic mass is 16.1. The standard InChI is InChI=1S/C14H15N7O/c15-3-6-17-11-7-10-12(14(22)19-8-18-10)13(21-11)20-9-1-4-16-5-2-9/h1-2,4-5,7-8H,3,6,15H2,(H,18,19,22)(H2,16,17,20,21). The lowest BCUT2D eigenvalue weighted by atomic mass is 10.2. The molecule has 0 aromatic carbocycles. The fraction of sp³-hybridized carbons (Fsp3) is 0.143. The number of fused-ring (bicyclic) bond motifs is 1. The average molecular weight is 297 g/mol. The van der Waals surface area contributed by atoms with Crippen molar-refractivity contribution in [3.63, 3.8) is 0 Å². The van der Waals surface area contributed by atoms with E-state index in [0.29, 0.717) is 35.6 Å². The maximum atomic E-state index is 12.1. The van der Waals surface area contributed by atoms with Gasteiger partial charge in [-0.2, -0.15) is 0 Å². The van der Waals surface area contributed by atoms with E-state index in [4.69, 9.17) is 5.73 Å². The Morgan fingerprint density at radius 1 is 1.27 bits per heavy atom. The quantitative estimate of drug-likeness (QED) is 0.550. The van der Waals surface area contributed by atoms with Crippen molar-refractivity contribution in [2.75, 3.05) is 23.7 Å². The summed E-state index contributed by atoms with van der Waals surface area (Å²) in [4.78, 5) is 27.2. The van der Waals surface area contributed by atoms with E-state index in [2.05, 4.69) is 30.6 Å². The Kier molecular flexibility index (Phi) is 3.92. The van der Waals surface area contributed by atoms with Gasteiger partial charge in [-0.25, -0.2) is 9.97 Å². The van der Waals surface area contributed by atoms with E-state index in [1.165, 1.54) is 6.33 Å². The first-order chi connectivity index (χ1) is 10.8. The molecular weight excluding hydrogens is 282 g/mol. The molecule has 8 nitrogen and oxygen atoms in total. The summed E-state index contributed by atoms with van der Waals surface area (Å²) in [5.74, 6) is 1.03. The Hall–Kier alpha value is -3.00. The van der Waals surface area contributed by atoms with Crippen molar-refractivity contribution in [3.8, 4) is 0 Å². The molecule has 3 rings (SSSR count). The number of anilines is 3. The van der Waals surface area contributed by atoms with Crippen LogP contribution in [-0.4, -0.2) is 33.0 Å². The summed E-state index contributed by atoms with van der Waals surface area (Å²) in [5, 5.41) is 6.61. The van der Waals surface area contributed by atoms with E-state index >= 15 is 0 Å².